The van der Waals surface area contributed by atoms with Crippen molar-refractivity contribution < 1.29 is 14.2 Å². The fourth-order valence-electron chi connectivity index (χ4n) is 3.66. The van der Waals surface area contributed by atoms with Gasteiger partial charge in [0.15, 0.2) is 11.5 Å². The highest BCUT2D eigenvalue weighted by molar-refractivity contribution is 5.45. The molecule has 0 spiro atoms. The lowest BCUT2D eigenvalue weighted by molar-refractivity contribution is 0.185. The van der Waals surface area contributed by atoms with Gasteiger partial charge in [-0.15, -0.1) is 0 Å². The molecule has 0 fully saturated rings. The monoisotopic (exact) mass is 354 g/mol. The number of benzene rings is 2. The number of fused-ring (bicyclic) bond motifs is 1. The van der Waals surface area contributed by atoms with Gasteiger partial charge in [-0.05, 0) is 65.5 Å². The van der Waals surface area contributed by atoms with E-state index in [0.29, 0.717) is 17.8 Å². The molecule has 0 aliphatic carbocycles. The van der Waals surface area contributed by atoms with Crippen LogP contribution in [0.1, 0.15) is 43.4 Å². The molecule has 0 saturated carbocycles. The van der Waals surface area contributed by atoms with Crippen molar-refractivity contribution in [3.05, 3.63) is 53.1 Å². The molecule has 1 aliphatic rings. The van der Waals surface area contributed by atoms with Crippen molar-refractivity contribution in [1.82, 2.24) is 0 Å². The summed E-state index contributed by atoms with van der Waals surface area (Å²) in [6.07, 6.45) is 2.11. The van der Waals surface area contributed by atoms with Gasteiger partial charge < -0.3 is 14.2 Å². The van der Waals surface area contributed by atoms with Crippen LogP contribution >= 0.6 is 0 Å². The van der Waals surface area contributed by atoms with Crippen LogP contribution in [0.15, 0.2) is 36.4 Å². The second-order valence-corrected chi connectivity index (χ2v) is 7.68. The first-order valence-corrected chi connectivity index (χ1v) is 9.48. The van der Waals surface area contributed by atoms with E-state index in [0.717, 1.165) is 36.7 Å². The Morgan fingerprint density at radius 2 is 1.77 bits per heavy atom. The second-order valence-electron chi connectivity index (χ2n) is 7.68. The highest BCUT2D eigenvalue weighted by Crippen LogP contribution is 2.34. The van der Waals surface area contributed by atoms with E-state index >= 15 is 0 Å². The van der Waals surface area contributed by atoms with Crippen molar-refractivity contribution in [2.24, 2.45) is 11.8 Å². The van der Waals surface area contributed by atoms with Gasteiger partial charge in [-0.25, -0.2) is 0 Å². The van der Waals surface area contributed by atoms with Crippen LogP contribution in [0.5, 0.6) is 17.2 Å². The molecule has 2 atom stereocenters. The molecule has 0 amide bonds. The summed E-state index contributed by atoms with van der Waals surface area (Å²) in [5.74, 6) is 4.28. The molecule has 26 heavy (non-hydrogen) atoms. The molecule has 2 aromatic carbocycles. The lowest BCUT2D eigenvalue weighted by Crippen LogP contribution is -2.25. The Morgan fingerprint density at radius 1 is 1.00 bits per heavy atom. The number of methoxy groups -OCH3 is 2. The highest BCUT2D eigenvalue weighted by atomic mass is 16.5. The van der Waals surface area contributed by atoms with Gasteiger partial charge in [-0.1, -0.05) is 39.0 Å². The molecule has 3 heteroatoms. The molecule has 2 unspecified atom stereocenters. The minimum absolute atomic E-state index is 0.401. The first-order chi connectivity index (χ1) is 12.5. The van der Waals surface area contributed by atoms with E-state index in [9.17, 15) is 0 Å². The van der Waals surface area contributed by atoms with E-state index in [1.807, 2.05) is 6.07 Å². The van der Waals surface area contributed by atoms with Crippen LogP contribution in [-0.4, -0.2) is 20.8 Å². The van der Waals surface area contributed by atoms with Gasteiger partial charge in [0.25, 0.3) is 0 Å². The van der Waals surface area contributed by atoms with Crippen LogP contribution in [0.3, 0.4) is 0 Å². The summed E-state index contributed by atoms with van der Waals surface area (Å²) >= 11 is 0. The minimum atomic E-state index is 0.401. The Balaban J connectivity index is 1.76. The summed E-state index contributed by atoms with van der Waals surface area (Å²) in [5, 5.41) is 0. The predicted octanol–water partition coefficient (Wildman–Crippen LogP) is 5.26. The second kappa shape index (κ2) is 8.03. The van der Waals surface area contributed by atoms with Gasteiger partial charge in [-0.3, -0.25) is 0 Å². The van der Waals surface area contributed by atoms with Crippen LogP contribution in [0, 0.1) is 11.8 Å². The Hall–Kier alpha value is -2.16. The summed E-state index contributed by atoms with van der Waals surface area (Å²) in [6, 6.07) is 12.9. The van der Waals surface area contributed by atoms with Crippen LogP contribution in [-0.2, 0) is 12.8 Å². The molecule has 0 radical (unpaired) electrons. The quantitative estimate of drug-likeness (QED) is 0.708. The lowest BCUT2D eigenvalue weighted by Gasteiger charge is -2.28. The Labute approximate surface area is 157 Å². The highest BCUT2D eigenvalue weighted by Gasteiger charge is 2.23. The average Bonchev–Trinajstić information content (AvgIpc) is 2.66. The Bertz CT molecular complexity index is 751. The van der Waals surface area contributed by atoms with Crippen LogP contribution < -0.4 is 14.2 Å². The number of rotatable bonds is 6. The molecule has 1 aliphatic heterocycles. The lowest BCUT2D eigenvalue weighted by atomic mass is 9.86. The zero-order chi connectivity index (χ0) is 18.7. The van der Waals surface area contributed by atoms with E-state index in [1.165, 1.54) is 16.7 Å². The van der Waals surface area contributed by atoms with Gasteiger partial charge in [0.2, 0.25) is 0 Å². The molecule has 2 aromatic rings. The first-order valence-electron chi connectivity index (χ1n) is 9.48. The first kappa shape index (κ1) is 18.6. The third kappa shape index (κ3) is 3.98. The van der Waals surface area contributed by atoms with E-state index in [-0.39, 0.29) is 0 Å². The van der Waals surface area contributed by atoms with E-state index in [4.69, 9.17) is 14.2 Å². The molecule has 3 rings (SSSR count). The van der Waals surface area contributed by atoms with E-state index in [1.54, 1.807) is 14.2 Å². The summed E-state index contributed by atoms with van der Waals surface area (Å²) in [7, 11) is 3.35. The van der Waals surface area contributed by atoms with Crippen molar-refractivity contribution >= 4 is 0 Å². The van der Waals surface area contributed by atoms with E-state index < -0.39 is 0 Å². The maximum atomic E-state index is 5.97. The number of hydrogen-bond acceptors (Lipinski definition) is 3. The maximum absolute atomic E-state index is 5.97. The van der Waals surface area contributed by atoms with Crippen molar-refractivity contribution in [3.8, 4) is 17.2 Å². The summed E-state index contributed by atoms with van der Waals surface area (Å²) in [5.41, 5.74) is 3.97. The fourth-order valence-corrected chi connectivity index (χ4v) is 3.66. The summed E-state index contributed by atoms with van der Waals surface area (Å²) in [4.78, 5) is 0. The zero-order valence-electron chi connectivity index (χ0n) is 16.5. The summed E-state index contributed by atoms with van der Waals surface area (Å²) in [6.45, 7) is 7.66. The van der Waals surface area contributed by atoms with Crippen molar-refractivity contribution in [1.29, 1.82) is 0 Å². The van der Waals surface area contributed by atoms with Gasteiger partial charge in [-0.2, -0.15) is 0 Å². The zero-order valence-corrected chi connectivity index (χ0v) is 16.5. The average molecular weight is 354 g/mol. The van der Waals surface area contributed by atoms with Crippen molar-refractivity contribution in [3.63, 3.8) is 0 Å². The number of hydrogen-bond donors (Lipinski definition) is 0. The topological polar surface area (TPSA) is 27.7 Å². The van der Waals surface area contributed by atoms with Crippen LogP contribution in [0.4, 0.5) is 0 Å². The largest absolute Gasteiger partial charge is 0.493 e. The minimum Gasteiger partial charge on any atom is -0.493 e. The summed E-state index contributed by atoms with van der Waals surface area (Å²) < 4.78 is 16.8. The molecule has 0 aromatic heterocycles. The normalized spacial score (nSPS) is 17.4. The van der Waals surface area contributed by atoms with Crippen molar-refractivity contribution in [2.75, 3.05) is 20.8 Å². The van der Waals surface area contributed by atoms with Gasteiger partial charge in [0, 0.05) is 0 Å². The molecule has 140 valence electrons. The molecular weight excluding hydrogens is 324 g/mol. The van der Waals surface area contributed by atoms with Gasteiger partial charge in [0.1, 0.15) is 5.75 Å². The van der Waals surface area contributed by atoms with E-state index in [2.05, 4.69) is 51.1 Å². The smallest absolute Gasteiger partial charge is 0.160 e. The molecule has 3 nitrogen and oxygen atoms in total. The van der Waals surface area contributed by atoms with Gasteiger partial charge >= 0.3 is 0 Å². The fraction of sp³-hybridized carbons (Fsp3) is 0.478. The Morgan fingerprint density at radius 3 is 2.46 bits per heavy atom. The van der Waals surface area contributed by atoms with Crippen molar-refractivity contribution in [2.45, 2.75) is 39.5 Å². The predicted molar refractivity (Wildman–Crippen MR) is 106 cm³/mol. The molecule has 0 N–H and O–H groups in total. The molecular formula is C23H30O3. The van der Waals surface area contributed by atoms with Crippen LogP contribution in [0.25, 0.3) is 0 Å². The van der Waals surface area contributed by atoms with Crippen LogP contribution in [0.2, 0.25) is 0 Å². The third-order valence-electron chi connectivity index (χ3n) is 5.52. The SMILES string of the molecule is COc1ccc(C(C)Cc2ccc3c(c2)CC(C(C)C)CO3)cc1OC. The standard InChI is InChI=1S/C23H30O3/c1-15(2)20-12-19-11-17(6-8-21(19)26-14-20)10-16(3)18-7-9-22(24-4)23(13-18)25-5/h6-9,11,13,15-16,20H,10,12,14H2,1-5H3. The Kier molecular flexibility index (Phi) is 5.75. The molecule has 1 heterocycles. The molecule has 0 saturated heterocycles. The maximum Gasteiger partial charge on any atom is 0.160 e. The molecule has 0 bridgehead atoms. The van der Waals surface area contributed by atoms with Gasteiger partial charge in [0.05, 0.1) is 20.8 Å². The number of ether oxygens (including phenoxy) is 3. The third-order valence-corrected chi connectivity index (χ3v) is 5.52.